The number of nitrogens with one attached hydrogen (secondary N) is 2. The highest BCUT2D eigenvalue weighted by Crippen LogP contribution is 2.16. The van der Waals surface area contributed by atoms with Gasteiger partial charge in [0.2, 0.25) is 5.95 Å². The number of aromatic amines is 1. The number of imidazole rings is 1. The van der Waals surface area contributed by atoms with Crippen molar-refractivity contribution in [1.82, 2.24) is 19.9 Å². The first-order chi connectivity index (χ1) is 7.81. The Morgan fingerprint density at radius 2 is 2.38 bits per heavy atom. The topological polar surface area (TPSA) is 92.5 Å². The van der Waals surface area contributed by atoms with Crippen LogP contribution in [-0.2, 0) is 0 Å². The van der Waals surface area contributed by atoms with Crippen LogP contribution in [0.25, 0.3) is 11.2 Å². The Labute approximate surface area is 92.7 Å². The minimum absolute atomic E-state index is 0.207. The fraction of sp³-hybridized carbons (Fsp3) is 0.300. The number of rotatable bonds is 4. The molecule has 0 saturated carbocycles. The molecule has 0 atom stereocenters. The van der Waals surface area contributed by atoms with E-state index in [0.29, 0.717) is 11.5 Å². The minimum atomic E-state index is 0.207. The number of unbranched alkanes of at least 4 members (excludes halogenated alkanes) is 1. The zero-order valence-corrected chi connectivity index (χ0v) is 8.70. The second kappa shape index (κ2) is 4.49. The lowest BCUT2D eigenvalue weighted by atomic mass is 10.3. The van der Waals surface area contributed by atoms with Crippen LogP contribution in [0.5, 0.6) is 0 Å². The number of nitrogens with zero attached hydrogens (tertiary/aromatic N) is 3. The second-order valence-electron chi connectivity index (χ2n) is 3.27. The molecule has 0 bridgehead atoms. The van der Waals surface area contributed by atoms with Gasteiger partial charge >= 0.3 is 0 Å². The summed E-state index contributed by atoms with van der Waals surface area (Å²) in [4.78, 5) is 15.1. The van der Waals surface area contributed by atoms with Gasteiger partial charge in [0.05, 0.1) is 6.33 Å². The molecule has 0 saturated heterocycles. The molecule has 0 aliphatic rings. The first-order valence-electron chi connectivity index (χ1n) is 4.95. The highest BCUT2D eigenvalue weighted by molar-refractivity contribution is 5.83. The van der Waals surface area contributed by atoms with Crippen molar-refractivity contribution in [3.05, 3.63) is 6.33 Å². The number of anilines is 2. The number of hydrogen-bond donors (Lipinski definition) is 3. The molecule has 0 amide bonds. The van der Waals surface area contributed by atoms with E-state index in [4.69, 9.17) is 12.2 Å². The maximum atomic E-state index is 5.57. The summed E-state index contributed by atoms with van der Waals surface area (Å²) in [5, 5.41) is 3.15. The van der Waals surface area contributed by atoms with E-state index in [-0.39, 0.29) is 5.95 Å². The summed E-state index contributed by atoms with van der Waals surface area (Å²) in [7, 11) is 0. The van der Waals surface area contributed by atoms with Gasteiger partial charge in [-0.3, -0.25) is 0 Å². The summed E-state index contributed by atoms with van der Waals surface area (Å²) >= 11 is 0. The summed E-state index contributed by atoms with van der Waals surface area (Å²) < 4.78 is 0. The number of nitrogens with two attached hydrogens (primary N) is 1. The molecule has 6 heteroatoms. The minimum Gasteiger partial charge on any atom is -0.368 e. The third-order valence-corrected chi connectivity index (χ3v) is 2.09. The molecule has 0 aliphatic carbocycles. The van der Waals surface area contributed by atoms with Crippen LogP contribution in [0.3, 0.4) is 0 Å². The molecule has 16 heavy (non-hydrogen) atoms. The molecule has 0 radical (unpaired) electrons. The third kappa shape index (κ3) is 2.03. The maximum absolute atomic E-state index is 5.57. The Morgan fingerprint density at radius 3 is 3.19 bits per heavy atom. The fourth-order valence-corrected chi connectivity index (χ4v) is 1.38. The quantitative estimate of drug-likeness (QED) is 0.518. The van der Waals surface area contributed by atoms with Crippen LogP contribution in [0.4, 0.5) is 11.8 Å². The smallest absolute Gasteiger partial charge is 0.224 e. The zero-order chi connectivity index (χ0) is 11.4. The van der Waals surface area contributed by atoms with Gasteiger partial charge < -0.3 is 16.0 Å². The standard InChI is InChI=1S/C10H12N6/c1-2-3-4-5-12-8-7-9(14-6-13-7)16-10(11)15-8/h1,6H,3-5H2,(H4,11,12,13,14,15,16). The van der Waals surface area contributed by atoms with Crippen molar-refractivity contribution in [1.29, 1.82) is 0 Å². The predicted octanol–water partition coefficient (Wildman–Crippen LogP) is 0.760. The molecule has 0 aliphatic heterocycles. The molecule has 2 heterocycles. The Bertz CT molecular complexity index is 524. The number of nitrogen functional groups attached to an aromatic ring is 1. The fourth-order valence-electron chi connectivity index (χ4n) is 1.38. The highest BCUT2D eigenvalue weighted by Gasteiger charge is 2.07. The molecular weight excluding hydrogens is 204 g/mol. The van der Waals surface area contributed by atoms with Gasteiger partial charge in [-0.25, -0.2) is 4.98 Å². The summed E-state index contributed by atoms with van der Waals surface area (Å²) in [6, 6.07) is 0. The first-order valence-corrected chi connectivity index (χ1v) is 4.95. The summed E-state index contributed by atoms with van der Waals surface area (Å²) in [5.41, 5.74) is 6.89. The van der Waals surface area contributed by atoms with Crippen LogP contribution in [-0.4, -0.2) is 26.5 Å². The average Bonchev–Trinajstić information content (AvgIpc) is 2.72. The van der Waals surface area contributed by atoms with Crippen LogP contribution < -0.4 is 11.1 Å². The lowest BCUT2D eigenvalue weighted by Gasteiger charge is -2.05. The van der Waals surface area contributed by atoms with Gasteiger partial charge in [0.15, 0.2) is 11.5 Å². The van der Waals surface area contributed by atoms with Crippen molar-refractivity contribution < 1.29 is 0 Å². The molecule has 82 valence electrons. The lowest BCUT2D eigenvalue weighted by Crippen LogP contribution is -2.06. The molecule has 0 unspecified atom stereocenters. The highest BCUT2D eigenvalue weighted by atomic mass is 15.1. The van der Waals surface area contributed by atoms with Crippen LogP contribution >= 0.6 is 0 Å². The van der Waals surface area contributed by atoms with Crippen LogP contribution in [0.15, 0.2) is 6.33 Å². The van der Waals surface area contributed by atoms with Crippen molar-refractivity contribution in [3.63, 3.8) is 0 Å². The van der Waals surface area contributed by atoms with E-state index in [1.807, 2.05) is 0 Å². The number of terminal acetylenes is 1. The molecule has 2 aromatic rings. The summed E-state index contributed by atoms with van der Waals surface area (Å²) in [6.45, 7) is 0.745. The van der Waals surface area contributed by atoms with Gasteiger partial charge in [-0.05, 0) is 6.42 Å². The second-order valence-corrected chi connectivity index (χ2v) is 3.27. The van der Waals surface area contributed by atoms with Crippen molar-refractivity contribution >= 4 is 22.9 Å². The number of aromatic nitrogens is 4. The lowest BCUT2D eigenvalue weighted by molar-refractivity contribution is 0.902. The average molecular weight is 216 g/mol. The monoisotopic (exact) mass is 216 g/mol. The van der Waals surface area contributed by atoms with E-state index in [2.05, 4.69) is 31.2 Å². The van der Waals surface area contributed by atoms with Crippen molar-refractivity contribution in [2.75, 3.05) is 17.6 Å². The van der Waals surface area contributed by atoms with Gasteiger partial charge in [-0.15, -0.1) is 12.3 Å². The van der Waals surface area contributed by atoms with Gasteiger partial charge in [-0.1, -0.05) is 0 Å². The van der Waals surface area contributed by atoms with Crippen molar-refractivity contribution in [2.24, 2.45) is 0 Å². The van der Waals surface area contributed by atoms with Gasteiger partial charge in [0.25, 0.3) is 0 Å². The largest absolute Gasteiger partial charge is 0.368 e. The Kier molecular flexibility index (Phi) is 2.87. The van der Waals surface area contributed by atoms with E-state index in [0.717, 1.165) is 24.9 Å². The zero-order valence-electron chi connectivity index (χ0n) is 8.70. The Morgan fingerprint density at radius 1 is 1.50 bits per heavy atom. The normalized spacial score (nSPS) is 10.2. The Balaban J connectivity index is 2.16. The number of fused-ring (bicyclic) bond motifs is 1. The van der Waals surface area contributed by atoms with E-state index in [9.17, 15) is 0 Å². The summed E-state index contributed by atoms with van der Waals surface area (Å²) in [5.74, 6) is 3.45. The SMILES string of the molecule is C#CCCCNc1nc(N)nc2nc[nH]c12. The molecule has 6 nitrogen and oxygen atoms in total. The molecule has 2 aromatic heterocycles. The van der Waals surface area contributed by atoms with E-state index >= 15 is 0 Å². The van der Waals surface area contributed by atoms with Crippen LogP contribution in [0.1, 0.15) is 12.8 Å². The van der Waals surface area contributed by atoms with Crippen molar-refractivity contribution in [2.45, 2.75) is 12.8 Å². The third-order valence-electron chi connectivity index (χ3n) is 2.09. The van der Waals surface area contributed by atoms with Gasteiger partial charge in [0.1, 0.15) is 5.52 Å². The summed E-state index contributed by atoms with van der Waals surface area (Å²) in [6.07, 6.45) is 8.35. The van der Waals surface area contributed by atoms with Crippen LogP contribution in [0.2, 0.25) is 0 Å². The van der Waals surface area contributed by atoms with Gasteiger partial charge in [-0.2, -0.15) is 9.97 Å². The number of H-pyrrole nitrogens is 1. The van der Waals surface area contributed by atoms with Gasteiger partial charge in [0, 0.05) is 13.0 Å². The molecule has 2 rings (SSSR count). The number of hydrogen-bond acceptors (Lipinski definition) is 5. The van der Waals surface area contributed by atoms with Crippen molar-refractivity contribution in [3.8, 4) is 12.3 Å². The molecule has 0 fully saturated rings. The predicted molar refractivity (Wildman–Crippen MR) is 62.7 cm³/mol. The molecule has 0 aromatic carbocycles. The van der Waals surface area contributed by atoms with E-state index < -0.39 is 0 Å². The molecular formula is C10H12N6. The molecule has 4 N–H and O–H groups in total. The van der Waals surface area contributed by atoms with E-state index in [1.54, 1.807) is 6.33 Å². The molecule has 0 spiro atoms. The van der Waals surface area contributed by atoms with Crippen LogP contribution in [0, 0.1) is 12.3 Å². The van der Waals surface area contributed by atoms with E-state index in [1.165, 1.54) is 0 Å². The first kappa shape index (κ1) is 10.2. The maximum Gasteiger partial charge on any atom is 0.224 e. The Hall–Kier alpha value is -2.29.